The van der Waals surface area contributed by atoms with Gasteiger partial charge < -0.3 is 9.15 Å². The first-order valence-electron chi connectivity index (χ1n) is 4.74. The largest absolute Gasteiger partial charge is 0.464 e. The Hall–Kier alpha value is -1.55. The average molecular weight is 242 g/mol. The first-order valence-corrected chi connectivity index (χ1v) is 5.12. The van der Waals surface area contributed by atoms with Gasteiger partial charge in [0, 0.05) is 5.02 Å². The minimum atomic E-state index is -0.436. The van der Waals surface area contributed by atoms with Gasteiger partial charge in [-0.2, -0.15) is 0 Å². The second-order valence-corrected chi connectivity index (χ2v) is 3.48. The monoisotopic (exact) mass is 241 g/mol. The Labute approximate surface area is 96.8 Å². The molecule has 16 heavy (non-hydrogen) atoms. The summed E-state index contributed by atoms with van der Waals surface area (Å²) in [5, 5.41) is 0.424. The van der Waals surface area contributed by atoms with Gasteiger partial charge in [-0.05, 0) is 25.1 Å². The minimum Gasteiger partial charge on any atom is -0.464 e. The van der Waals surface area contributed by atoms with E-state index >= 15 is 0 Å². The van der Waals surface area contributed by atoms with Crippen LogP contribution in [0.3, 0.4) is 0 Å². The van der Waals surface area contributed by atoms with Gasteiger partial charge in [0.2, 0.25) is 5.89 Å². The lowest BCUT2D eigenvalue weighted by Gasteiger charge is -1.99. The van der Waals surface area contributed by atoms with Crippen LogP contribution in [0.4, 0.5) is 4.39 Å². The lowest BCUT2D eigenvalue weighted by molar-refractivity contribution is 0.260. The van der Waals surface area contributed by atoms with Crippen molar-refractivity contribution in [1.29, 1.82) is 0 Å². The van der Waals surface area contributed by atoms with E-state index in [1.807, 2.05) is 6.92 Å². The summed E-state index contributed by atoms with van der Waals surface area (Å²) < 4.78 is 23.8. The highest BCUT2D eigenvalue weighted by Gasteiger charge is 2.12. The third kappa shape index (κ3) is 2.17. The number of nitrogens with zero attached hydrogens (tertiary/aromatic N) is 1. The fraction of sp³-hybridized carbons (Fsp3) is 0.182. The van der Waals surface area contributed by atoms with Gasteiger partial charge in [-0.15, -0.1) is 0 Å². The smallest absolute Gasteiger partial charge is 0.305 e. The number of hydrogen-bond acceptors (Lipinski definition) is 3. The van der Waals surface area contributed by atoms with Crippen molar-refractivity contribution in [3.63, 3.8) is 0 Å². The maximum absolute atomic E-state index is 13.5. The van der Waals surface area contributed by atoms with Gasteiger partial charge in [0.25, 0.3) is 0 Å². The molecule has 1 aromatic carbocycles. The van der Waals surface area contributed by atoms with Crippen LogP contribution in [0.25, 0.3) is 11.5 Å². The fourth-order valence-electron chi connectivity index (χ4n) is 1.25. The first kappa shape index (κ1) is 11.0. The second kappa shape index (κ2) is 4.53. The number of rotatable bonds is 3. The van der Waals surface area contributed by atoms with E-state index in [0.29, 0.717) is 11.6 Å². The van der Waals surface area contributed by atoms with Gasteiger partial charge >= 0.3 is 5.95 Å². The molecule has 0 atom stereocenters. The van der Waals surface area contributed by atoms with E-state index in [1.54, 1.807) is 0 Å². The van der Waals surface area contributed by atoms with Crippen molar-refractivity contribution in [2.75, 3.05) is 6.61 Å². The Morgan fingerprint density at radius 1 is 1.50 bits per heavy atom. The second-order valence-electron chi connectivity index (χ2n) is 3.04. The van der Waals surface area contributed by atoms with Gasteiger partial charge in [0.1, 0.15) is 12.0 Å². The molecule has 0 fully saturated rings. The summed E-state index contributed by atoms with van der Waals surface area (Å²) >= 11 is 5.77. The van der Waals surface area contributed by atoms with Crippen molar-refractivity contribution in [3.8, 4) is 17.4 Å². The van der Waals surface area contributed by atoms with E-state index in [-0.39, 0.29) is 17.4 Å². The lowest BCUT2D eigenvalue weighted by Crippen LogP contribution is -1.88. The molecule has 2 aromatic rings. The molecule has 1 aromatic heterocycles. The summed E-state index contributed by atoms with van der Waals surface area (Å²) in [7, 11) is 0. The summed E-state index contributed by atoms with van der Waals surface area (Å²) in [5.41, 5.74) is 0.221. The maximum Gasteiger partial charge on any atom is 0.305 e. The number of oxazole rings is 1. The van der Waals surface area contributed by atoms with Crippen LogP contribution in [0.5, 0.6) is 5.95 Å². The van der Waals surface area contributed by atoms with Crippen LogP contribution in [0.15, 0.2) is 28.8 Å². The quantitative estimate of drug-likeness (QED) is 0.825. The van der Waals surface area contributed by atoms with Gasteiger partial charge in [0.15, 0.2) is 0 Å². The molecule has 0 N–H and O–H groups in total. The van der Waals surface area contributed by atoms with Crippen LogP contribution in [-0.4, -0.2) is 11.6 Å². The van der Waals surface area contributed by atoms with Crippen LogP contribution >= 0.6 is 11.6 Å². The van der Waals surface area contributed by atoms with Gasteiger partial charge in [0.05, 0.1) is 12.2 Å². The van der Waals surface area contributed by atoms with Crippen molar-refractivity contribution in [2.24, 2.45) is 0 Å². The molecule has 0 saturated carbocycles. The summed E-state index contributed by atoms with van der Waals surface area (Å²) in [6, 6.07) is 4.19. The van der Waals surface area contributed by atoms with E-state index in [1.165, 1.54) is 24.4 Å². The van der Waals surface area contributed by atoms with Gasteiger partial charge in [-0.3, -0.25) is 0 Å². The zero-order valence-corrected chi connectivity index (χ0v) is 9.29. The highest BCUT2D eigenvalue weighted by Crippen LogP contribution is 2.27. The Balaban J connectivity index is 2.38. The van der Waals surface area contributed by atoms with Crippen LogP contribution in [0.1, 0.15) is 6.92 Å². The average Bonchev–Trinajstić information content (AvgIpc) is 2.71. The number of hydrogen-bond donors (Lipinski definition) is 0. The molecule has 2 rings (SSSR count). The van der Waals surface area contributed by atoms with E-state index in [4.69, 9.17) is 20.8 Å². The minimum absolute atomic E-state index is 0.156. The molecule has 0 radical (unpaired) electrons. The molecule has 5 heteroatoms. The Morgan fingerprint density at radius 3 is 3.06 bits per heavy atom. The SMILES string of the molecule is CCOc1cnc(-c2cc(Cl)ccc2F)o1. The summed E-state index contributed by atoms with van der Waals surface area (Å²) in [4.78, 5) is 3.92. The maximum atomic E-state index is 13.5. The molecule has 0 saturated heterocycles. The van der Waals surface area contributed by atoms with Crippen LogP contribution in [-0.2, 0) is 0 Å². The molecular formula is C11H9ClFNO2. The standard InChI is InChI=1S/C11H9ClFNO2/c1-2-15-10-6-14-11(16-10)8-5-7(12)3-4-9(8)13/h3-6H,2H2,1H3. The van der Waals surface area contributed by atoms with Gasteiger partial charge in [-0.25, -0.2) is 9.37 Å². The highest BCUT2D eigenvalue weighted by atomic mass is 35.5. The molecule has 0 aliphatic heterocycles. The summed E-state index contributed by atoms with van der Waals surface area (Å²) in [6.45, 7) is 2.29. The molecule has 0 unspecified atom stereocenters. The molecule has 0 aliphatic carbocycles. The number of benzene rings is 1. The van der Waals surface area contributed by atoms with Crippen LogP contribution in [0, 0.1) is 5.82 Å². The van der Waals surface area contributed by atoms with E-state index in [2.05, 4.69) is 4.98 Å². The molecule has 0 spiro atoms. The topological polar surface area (TPSA) is 35.3 Å². The molecular weight excluding hydrogens is 233 g/mol. The van der Waals surface area contributed by atoms with Crippen molar-refractivity contribution in [3.05, 3.63) is 35.2 Å². The highest BCUT2D eigenvalue weighted by molar-refractivity contribution is 6.30. The number of halogens is 2. The Morgan fingerprint density at radius 2 is 2.31 bits per heavy atom. The van der Waals surface area contributed by atoms with Crippen molar-refractivity contribution in [1.82, 2.24) is 4.98 Å². The third-order valence-electron chi connectivity index (χ3n) is 1.93. The number of aromatic nitrogens is 1. The zero-order valence-electron chi connectivity index (χ0n) is 8.54. The molecule has 0 bridgehead atoms. The molecule has 0 amide bonds. The van der Waals surface area contributed by atoms with E-state index in [9.17, 15) is 4.39 Å². The Kier molecular flexibility index (Phi) is 3.10. The summed E-state index contributed by atoms with van der Waals surface area (Å²) in [5.74, 6) is -0.0189. The molecule has 3 nitrogen and oxygen atoms in total. The Bertz CT molecular complexity index is 498. The first-order chi connectivity index (χ1) is 7.70. The van der Waals surface area contributed by atoms with Crippen molar-refractivity contribution in [2.45, 2.75) is 6.92 Å². The van der Waals surface area contributed by atoms with Crippen molar-refractivity contribution >= 4 is 11.6 Å². The van der Waals surface area contributed by atoms with Crippen LogP contribution in [0.2, 0.25) is 5.02 Å². The molecule has 0 aliphatic rings. The normalized spacial score (nSPS) is 10.4. The van der Waals surface area contributed by atoms with Gasteiger partial charge in [-0.1, -0.05) is 11.6 Å². The molecule has 84 valence electrons. The van der Waals surface area contributed by atoms with Crippen molar-refractivity contribution < 1.29 is 13.5 Å². The van der Waals surface area contributed by atoms with E-state index in [0.717, 1.165) is 0 Å². The lowest BCUT2D eigenvalue weighted by atomic mass is 10.2. The predicted octanol–water partition coefficient (Wildman–Crippen LogP) is 3.53. The fourth-order valence-corrected chi connectivity index (χ4v) is 1.43. The summed E-state index contributed by atoms with van der Waals surface area (Å²) in [6.07, 6.45) is 1.40. The third-order valence-corrected chi connectivity index (χ3v) is 2.16. The van der Waals surface area contributed by atoms with Crippen LogP contribution < -0.4 is 4.74 Å². The number of ether oxygens (including phenoxy) is 1. The van der Waals surface area contributed by atoms with E-state index < -0.39 is 5.82 Å². The predicted molar refractivity (Wildman–Crippen MR) is 58.1 cm³/mol. The molecule has 1 heterocycles. The zero-order chi connectivity index (χ0) is 11.5.